The summed E-state index contributed by atoms with van der Waals surface area (Å²) in [6.45, 7) is 0.288. The molecule has 1 N–H and O–H groups in total. The minimum atomic E-state index is -0.291. The summed E-state index contributed by atoms with van der Waals surface area (Å²) in [4.78, 5) is 12.2. The van der Waals surface area contributed by atoms with Crippen molar-refractivity contribution in [2.45, 2.75) is 6.61 Å². The molecule has 0 saturated heterocycles. The van der Waals surface area contributed by atoms with Gasteiger partial charge in [-0.1, -0.05) is 60.7 Å². The topological polar surface area (TPSA) is 50.7 Å². The van der Waals surface area contributed by atoms with Crippen LogP contribution < -0.4 is 10.2 Å². The SMILES string of the molecule is O=C(N/N=C\c1c(OCc2ccc(F)cc2)ccc2ccccc12)c1ccccc1. The van der Waals surface area contributed by atoms with Crippen LogP contribution in [0.5, 0.6) is 5.75 Å². The van der Waals surface area contributed by atoms with Crippen molar-refractivity contribution < 1.29 is 13.9 Å². The molecule has 30 heavy (non-hydrogen) atoms. The minimum absolute atomic E-state index is 0.286. The molecule has 0 aliphatic rings. The van der Waals surface area contributed by atoms with Crippen molar-refractivity contribution in [2.75, 3.05) is 0 Å². The lowest BCUT2D eigenvalue weighted by Gasteiger charge is -2.12. The van der Waals surface area contributed by atoms with Crippen LogP contribution in [0.15, 0.2) is 96.1 Å². The Bertz CT molecular complexity index is 1190. The zero-order valence-electron chi connectivity index (χ0n) is 16.1. The number of hydrogen-bond acceptors (Lipinski definition) is 3. The molecular formula is C25H19FN2O2. The summed E-state index contributed by atoms with van der Waals surface area (Å²) in [5, 5.41) is 6.12. The third kappa shape index (κ3) is 4.52. The Hall–Kier alpha value is -3.99. The van der Waals surface area contributed by atoms with Gasteiger partial charge >= 0.3 is 0 Å². The molecule has 0 unspecified atom stereocenters. The van der Waals surface area contributed by atoms with E-state index >= 15 is 0 Å². The molecule has 148 valence electrons. The first-order chi connectivity index (χ1) is 14.7. The molecule has 0 heterocycles. The molecule has 4 aromatic carbocycles. The first kappa shape index (κ1) is 19.3. The van der Waals surface area contributed by atoms with Crippen LogP contribution in [-0.4, -0.2) is 12.1 Å². The number of nitrogens with zero attached hydrogens (tertiary/aromatic N) is 1. The Morgan fingerprint density at radius 1 is 0.900 bits per heavy atom. The zero-order chi connectivity index (χ0) is 20.8. The molecular weight excluding hydrogens is 379 g/mol. The average molecular weight is 398 g/mol. The molecule has 0 fully saturated rings. The normalized spacial score (nSPS) is 11.0. The van der Waals surface area contributed by atoms with Crippen molar-refractivity contribution in [3.63, 3.8) is 0 Å². The molecule has 0 aromatic heterocycles. The van der Waals surface area contributed by atoms with E-state index in [0.717, 1.165) is 21.9 Å². The average Bonchev–Trinajstić information content (AvgIpc) is 2.80. The maximum atomic E-state index is 13.1. The van der Waals surface area contributed by atoms with Gasteiger partial charge in [0.25, 0.3) is 5.91 Å². The molecule has 0 spiro atoms. The number of carbonyl (C=O) groups is 1. The molecule has 0 saturated carbocycles. The van der Waals surface area contributed by atoms with Crippen LogP contribution in [0.25, 0.3) is 10.8 Å². The van der Waals surface area contributed by atoms with Crippen molar-refractivity contribution in [3.8, 4) is 5.75 Å². The quantitative estimate of drug-likeness (QED) is 0.353. The number of nitrogens with one attached hydrogen (secondary N) is 1. The van der Waals surface area contributed by atoms with Crippen molar-refractivity contribution in [3.05, 3.63) is 114 Å². The molecule has 0 aliphatic heterocycles. The maximum Gasteiger partial charge on any atom is 0.271 e. The minimum Gasteiger partial charge on any atom is -0.488 e. The van der Waals surface area contributed by atoms with Crippen LogP contribution in [0.4, 0.5) is 4.39 Å². The number of amides is 1. The van der Waals surface area contributed by atoms with Gasteiger partial charge in [-0.25, -0.2) is 9.82 Å². The highest BCUT2D eigenvalue weighted by Gasteiger charge is 2.09. The van der Waals surface area contributed by atoms with Gasteiger partial charge in [0.2, 0.25) is 0 Å². The van der Waals surface area contributed by atoms with Gasteiger partial charge < -0.3 is 4.74 Å². The molecule has 0 radical (unpaired) electrons. The fraction of sp³-hybridized carbons (Fsp3) is 0.0400. The number of hydrogen-bond donors (Lipinski definition) is 1. The molecule has 0 bridgehead atoms. The van der Waals surface area contributed by atoms with Gasteiger partial charge in [0.05, 0.1) is 6.21 Å². The van der Waals surface area contributed by atoms with E-state index in [1.165, 1.54) is 12.1 Å². The summed E-state index contributed by atoms with van der Waals surface area (Å²) in [5.74, 6) is 0.0445. The van der Waals surface area contributed by atoms with E-state index in [-0.39, 0.29) is 18.3 Å². The van der Waals surface area contributed by atoms with E-state index in [9.17, 15) is 9.18 Å². The van der Waals surface area contributed by atoms with Crippen molar-refractivity contribution in [1.82, 2.24) is 5.43 Å². The predicted octanol–water partition coefficient (Wildman–Crippen LogP) is 5.32. The number of fused-ring (bicyclic) bond motifs is 1. The number of hydrazone groups is 1. The second kappa shape index (κ2) is 9.01. The lowest BCUT2D eigenvalue weighted by Crippen LogP contribution is -2.17. The number of ether oxygens (including phenoxy) is 1. The Kier molecular flexibility index (Phi) is 5.80. The smallest absolute Gasteiger partial charge is 0.271 e. The van der Waals surface area contributed by atoms with E-state index in [2.05, 4.69) is 10.5 Å². The summed E-state index contributed by atoms with van der Waals surface area (Å²) in [7, 11) is 0. The van der Waals surface area contributed by atoms with Gasteiger partial charge in [-0.05, 0) is 46.7 Å². The fourth-order valence-corrected chi connectivity index (χ4v) is 3.09. The van der Waals surface area contributed by atoms with E-state index in [4.69, 9.17) is 4.74 Å². The van der Waals surface area contributed by atoms with E-state index in [0.29, 0.717) is 11.3 Å². The first-order valence-corrected chi connectivity index (χ1v) is 9.48. The van der Waals surface area contributed by atoms with E-state index in [1.54, 1.807) is 42.6 Å². The lowest BCUT2D eigenvalue weighted by molar-refractivity contribution is 0.0955. The largest absolute Gasteiger partial charge is 0.488 e. The zero-order valence-corrected chi connectivity index (χ0v) is 16.1. The summed E-state index contributed by atoms with van der Waals surface area (Å²) >= 11 is 0. The van der Waals surface area contributed by atoms with Gasteiger partial charge in [-0.3, -0.25) is 4.79 Å². The third-order valence-corrected chi connectivity index (χ3v) is 4.63. The number of rotatable bonds is 6. The Morgan fingerprint density at radius 2 is 1.63 bits per heavy atom. The maximum absolute atomic E-state index is 13.1. The highest BCUT2D eigenvalue weighted by Crippen LogP contribution is 2.27. The Labute approximate surface area is 173 Å². The van der Waals surface area contributed by atoms with Crippen molar-refractivity contribution >= 4 is 22.9 Å². The Morgan fingerprint density at radius 3 is 2.43 bits per heavy atom. The molecule has 5 heteroatoms. The van der Waals surface area contributed by atoms with Crippen LogP contribution in [-0.2, 0) is 6.61 Å². The lowest BCUT2D eigenvalue weighted by atomic mass is 10.0. The second-order valence-corrected chi connectivity index (χ2v) is 6.68. The van der Waals surface area contributed by atoms with E-state index in [1.807, 2.05) is 42.5 Å². The standard InChI is InChI=1S/C25H19FN2O2/c26-21-13-10-18(11-14-21)17-30-24-15-12-19-6-4-5-9-22(19)23(24)16-27-28-25(29)20-7-2-1-3-8-20/h1-16H,17H2,(H,28,29)/b27-16-. The molecule has 4 nitrogen and oxygen atoms in total. The molecule has 0 atom stereocenters. The number of halogens is 1. The van der Waals surface area contributed by atoms with Gasteiger partial charge in [-0.15, -0.1) is 0 Å². The molecule has 1 amide bonds. The van der Waals surface area contributed by atoms with Crippen molar-refractivity contribution in [1.29, 1.82) is 0 Å². The number of carbonyl (C=O) groups excluding carboxylic acids is 1. The summed E-state index contributed by atoms with van der Waals surface area (Å²) < 4.78 is 19.1. The first-order valence-electron chi connectivity index (χ1n) is 9.48. The van der Waals surface area contributed by atoms with Gasteiger partial charge in [0, 0.05) is 11.1 Å². The van der Waals surface area contributed by atoms with E-state index < -0.39 is 0 Å². The van der Waals surface area contributed by atoms with Crippen LogP contribution in [0, 0.1) is 5.82 Å². The summed E-state index contributed by atoms with van der Waals surface area (Å²) in [6.07, 6.45) is 1.59. The predicted molar refractivity (Wildman–Crippen MR) is 116 cm³/mol. The molecule has 4 aromatic rings. The monoisotopic (exact) mass is 398 g/mol. The van der Waals surface area contributed by atoms with Crippen molar-refractivity contribution in [2.24, 2.45) is 5.10 Å². The van der Waals surface area contributed by atoms with Crippen LogP contribution in [0.2, 0.25) is 0 Å². The van der Waals surface area contributed by atoms with Gasteiger partial charge in [-0.2, -0.15) is 5.10 Å². The summed E-state index contributed by atoms with van der Waals surface area (Å²) in [6, 6.07) is 26.8. The molecule has 4 rings (SSSR count). The third-order valence-electron chi connectivity index (χ3n) is 4.63. The summed E-state index contributed by atoms with van der Waals surface area (Å²) in [5.41, 5.74) is 4.69. The van der Waals surface area contributed by atoms with Crippen LogP contribution in [0.3, 0.4) is 0 Å². The Balaban J connectivity index is 1.58. The highest BCUT2D eigenvalue weighted by atomic mass is 19.1. The fourth-order valence-electron chi connectivity index (χ4n) is 3.09. The van der Waals surface area contributed by atoms with Crippen LogP contribution in [0.1, 0.15) is 21.5 Å². The highest BCUT2D eigenvalue weighted by molar-refractivity contribution is 6.03. The number of benzene rings is 4. The van der Waals surface area contributed by atoms with Gasteiger partial charge in [0.1, 0.15) is 18.2 Å². The van der Waals surface area contributed by atoms with Gasteiger partial charge in [0.15, 0.2) is 0 Å². The van der Waals surface area contributed by atoms with Crippen LogP contribution >= 0.6 is 0 Å². The molecule has 0 aliphatic carbocycles. The second-order valence-electron chi connectivity index (χ2n) is 6.68.